The van der Waals surface area contributed by atoms with Crippen LogP contribution in [0.25, 0.3) is 0 Å². The molecule has 2 heterocycles. The van der Waals surface area contributed by atoms with Crippen LogP contribution >= 0.6 is 0 Å². The lowest BCUT2D eigenvalue weighted by Crippen LogP contribution is -2.15. The van der Waals surface area contributed by atoms with Crippen molar-refractivity contribution in [3.63, 3.8) is 0 Å². The summed E-state index contributed by atoms with van der Waals surface area (Å²) in [6.07, 6.45) is 3.22. The number of carbonyl (C=O) groups is 1. The van der Waals surface area contributed by atoms with Crippen LogP contribution < -0.4 is 16.6 Å². The largest absolute Gasteiger partial charge is 0.322 e. The van der Waals surface area contributed by atoms with Gasteiger partial charge in [0.25, 0.3) is 5.91 Å². The summed E-state index contributed by atoms with van der Waals surface area (Å²) < 4.78 is 0. The maximum atomic E-state index is 12.0. The van der Waals surface area contributed by atoms with Gasteiger partial charge in [-0.05, 0) is 31.2 Å². The van der Waals surface area contributed by atoms with Crippen molar-refractivity contribution in [1.82, 2.24) is 9.97 Å². The molecule has 2 rings (SSSR count). The second-order valence-electron chi connectivity index (χ2n) is 3.72. The molecular formula is C12H13N5O. The zero-order valence-electron chi connectivity index (χ0n) is 9.84. The first kappa shape index (κ1) is 12.0. The third-order valence-corrected chi connectivity index (χ3v) is 2.30. The fraction of sp³-hybridized carbons (Fsp3) is 0.0833. The molecule has 6 heteroatoms. The molecule has 2 aromatic rings. The summed E-state index contributed by atoms with van der Waals surface area (Å²) in [5.41, 5.74) is 4.32. The van der Waals surface area contributed by atoms with E-state index >= 15 is 0 Å². The Morgan fingerprint density at radius 2 is 2.00 bits per heavy atom. The number of nitrogens with two attached hydrogens (primary N) is 1. The van der Waals surface area contributed by atoms with Gasteiger partial charge in [0.05, 0.1) is 0 Å². The SMILES string of the molecule is Cc1cc(C(=O)Nc2ccncc2)cc(NN)n1. The van der Waals surface area contributed by atoms with E-state index in [0.717, 1.165) is 0 Å². The summed E-state index contributed by atoms with van der Waals surface area (Å²) in [7, 11) is 0. The van der Waals surface area contributed by atoms with Crippen molar-refractivity contribution >= 4 is 17.4 Å². The quantitative estimate of drug-likeness (QED) is 0.558. The minimum atomic E-state index is -0.219. The lowest BCUT2D eigenvalue weighted by atomic mass is 10.2. The molecule has 0 unspecified atom stereocenters. The topological polar surface area (TPSA) is 92.9 Å². The van der Waals surface area contributed by atoms with E-state index in [2.05, 4.69) is 20.7 Å². The van der Waals surface area contributed by atoms with Crippen LogP contribution in [0.3, 0.4) is 0 Å². The van der Waals surface area contributed by atoms with Gasteiger partial charge in [-0.25, -0.2) is 10.8 Å². The van der Waals surface area contributed by atoms with Crippen LogP contribution in [0, 0.1) is 6.92 Å². The van der Waals surface area contributed by atoms with Crippen molar-refractivity contribution in [3.05, 3.63) is 47.9 Å². The maximum Gasteiger partial charge on any atom is 0.255 e. The van der Waals surface area contributed by atoms with Gasteiger partial charge in [-0.2, -0.15) is 0 Å². The van der Waals surface area contributed by atoms with Gasteiger partial charge < -0.3 is 10.7 Å². The van der Waals surface area contributed by atoms with Gasteiger partial charge in [0.15, 0.2) is 0 Å². The molecule has 0 radical (unpaired) electrons. The number of hydrogen-bond acceptors (Lipinski definition) is 5. The number of amides is 1. The van der Waals surface area contributed by atoms with E-state index in [1.54, 1.807) is 43.6 Å². The van der Waals surface area contributed by atoms with Crippen LogP contribution in [0.5, 0.6) is 0 Å². The van der Waals surface area contributed by atoms with E-state index in [4.69, 9.17) is 5.84 Å². The summed E-state index contributed by atoms with van der Waals surface area (Å²) in [5.74, 6) is 5.52. The number of pyridine rings is 2. The van der Waals surface area contributed by atoms with Gasteiger partial charge in [-0.3, -0.25) is 9.78 Å². The minimum absolute atomic E-state index is 0.219. The first-order valence-electron chi connectivity index (χ1n) is 5.36. The van der Waals surface area contributed by atoms with Crippen LogP contribution in [0.1, 0.15) is 16.1 Å². The molecular weight excluding hydrogens is 230 g/mol. The lowest BCUT2D eigenvalue weighted by molar-refractivity contribution is 0.102. The number of hydrogen-bond donors (Lipinski definition) is 3. The number of anilines is 2. The highest BCUT2D eigenvalue weighted by atomic mass is 16.1. The number of aromatic nitrogens is 2. The number of rotatable bonds is 3. The van der Waals surface area contributed by atoms with Crippen LogP contribution in [0.15, 0.2) is 36.7 Å². The Bertz CT molecular complexity index is 556. The predicted molar refractivity (Wildman–Crippen MR) is 69.0 cm³/mol. The molecule has 4 N–H and O–H groups in total. The Kier molecular flexibility index (Phi) is 3.49. The van der Waals surface area contributed by atoms with Crippen molar-refractivity contribution < 1.29 is 4.79 Å². The van der Waals surface area contributed by atoms with Crippen LogP contribution in [-0.4, -0.2) is 15.9 Å². The number of carbonyl (C=O) groups excluding carboxylic acids is 1. The average molecular weight is 243 g/mol. The summed E-state index contributed by atoms with van der Waals surface area (Å²) in [6.45, 7) is 1.80. The normalized spacial score (nSPS) is 9.89. The van der Waals surface area contributed by atoms with E-state index in [0.29, 0.717) is 22.8 Å². The summed E-state index contributed by atoms with van der Waals surface area (Å²) in [4.78, 5) is 20.0. The van der Waals surface area contributed by atoms with Gasteiger partial charge >= 0.3 is 0 Å². The number of hydrazine groups is 1. The van der Waals surface area contributed by atoms with E-state index < -0.39 is 0 Å². The zero-order valence-corrected chi connectivity index (χ0v) is 9.84. The lowest BCUT2D eigenvalue weighted by Gasteiger charge is -2.07. The molecule has 6 nitrogen and oxygen atoms in total. The van der Waals surface area contributed by atoms with E-state index in [-0.39, 0.29) is 5.91 Å². The number of nitrogens with zero attached hydrogens (tertiary/aromatic N) is 2. The fourth-order valence-electron chi connectivity index (χ4n) is 1.51. The molecule has 0 spiro atoms. The Hall–Kier alpha value is -2.47. The predicted octanol–water partition coefficient (Wildman–Crippen LogP) is 1.32. The molecule has 0 aliphatic rings. The van der Waals surface area contributed by atoms with Crippen molar-refractivity contribution in [2.45, 2.75) is 6.92 Å². The number of nitrogen functional groups attached to an aromatic ring is 1. The monoisotopic (exact) mass is 243 g/mol. The highest BCUT2D eigenvalue weighted by Gasteiger charge is 2.08. The van der Waals surface area contributed by atoms with Crippen molar-refractivity contribution in [1.29, 1.82) is 0 Å². The zero-order chi connectivity index (χ0) is 13.0. The highest BCUT2D eigenvalue weighted by Crippen LogP contribution is 2.12. The Morgan fingerprint density at radius 3 is 2.67 bits per heavy atom. The summed E-state index contributed by atoms with van der Waals surface area (Å²) >= 11 is 0. The first-order valence-corrected chi connectivity index (χ1v) is 5.36. The minimum Gasteiger partial charge on any atom is -0.322 e. The smallest absolute Gasteiger partial charge is 0.255 e. The molecule has 18 heavy (non-hydrogen) atoms. The molecule has 2 aromatic heterocycles. The van der Waals surface area contributed by atoms with Gasteiger partial charge in [-0.1, -0.05) is 0 Å². The van der Waals surface area contributed by atoms with Gasteiger partial charge in [-0.15, -0.1) is 0 Å². The van der Waals surface area contributed by atoms with Crippen LogP contribution in [0.2, 0.25) is 0 Å². The second-order valence-corrected chi connectivity index (χ2v) is 3.72. The van der Waals surface area contributed by atoms with Gasteiger partial charge in [0, 0.05) is 29.3 Å². The highest BCUT2D eigenvalue weighted by molar-refractivity contribution is 6.04. The van der Waals surface area contributed by atoms with Crippen molar-refractivity contribution in [2.75, 3.05) is 10.7 Å². The molecule has 0 atom stereocenters. The first-order chi connectivity index (χ1) is 8.69. The van der Waals surface area contributed by atoms with Gasteiger partial charge in [0.2, 0.25) is 0 Å². The van der Waals surface area contributed by atoms with Crippen molar-refractivity contribution in [2.24, 2.45) is 5.84 Å². The summed E-state index contributed by atoms with van der Waals surface area (Å²) in [5, 5.41) is 2.76. The maximum absolute atomic E-state index is 12.0. The van der Waals surface area contributed by atoms with E-state index in [9.17, 15) is 4.79 Å². The fourth-order valence-corrected chi connectivity index (χ4v) is 1.51. The Labute approximate surface area is 104 Å². The standard InChI is InChI=1S/C12H13N5O/c1-8-6-9(7-11(15-8)17-13)12(18)16-10-2-4-14-5-3-10/h2-7H,13H2,1H3,(H,15,17)(H,14,16,18). The molecule has 0 aromatic carbocycles. The third kappa shape index (κ3) is 2.80. The third-order valence-electron chi connectivity index (χ3n) is 2.30. The Balaban J connectivity index is 2.21. The summed E-state index contributed by atoms with van der Waals surface area (Å²) in [6, 6.07) is 6.71. The molecule has 0 aliphatic heterocycles. The molecule has 0 saturated heterocycles. The van der Waals surface area contributed by atoms with Crippen molar-refractivity contribution in [3.8, 4) is 0 Å². The number of aryl methyl sites for hydroxylation is 1. The van der Waals surface area contributed by atoms with Crippen LogP contribution in [0.4, 0.5) is 11.5 Å². The molecule has 0 aliphatic carbocycles. The molecule has 0 fully saturated rings. The van der Waals surface area contributed by atoms with Crippen LogP contribution in [-0.2, 0) is 0 Å². The molecule has 1 amide bonds. The average Bonchev–Trinajstić information content (AvgIpc) is 2.39. The van der Waals surface area contributed by atoms with Gasteiger partial charge in [0.1, 0.15) is 5.82 Å². The molecule has 92 valence electrons. The van der Waals surface area contributed by atoms with E-state index in [1.807, 2.05) is 0 Å². The number of nitrogens with one attached hydrogen (secondary N) is 2. The second kappa shape index (κ2) is 5.24. The molecule has 0 saturated carbocycles. The molecule has 0 bridgehead atoms. The Morgan fingerprint density at radius 1 is 1.28 bits per heavy atom. The van der Waals surface area contributed by atoms with E-state index in [1.165, 1.54) is 0 Å².